The Hall–Kier alpha value is -4.05. The van der Waals surface area contributed by atoms with Gasteiger partial charge in [0, 0.05) is 55.1 Å². The fourth-order valence-electron chi connectivity index (χ4n) is 5.21. The standard InChI is InChI=1S/C31H36F2N6O2/c1-6-39-10-9-29(36-39)24-12-22(11-23(13-24)25-16-34-38(5)17-25)21(3)35-30(40)28-14-27(8-7-20(28)2)41-18-26-15-31(32,33)19-37(26)4/h7-14,16-17,21,26H,6,15,18-19H2,1-5H3,(H,35,40)/t21-,26+/m1/s1. The van der Waals surface area contributed by atoms with Crippen LogP contribution in [0.1, 0.15) is 47.8 Å². The molecular weight excluding hydrogens is 526 g/mol. The first-order valence-corrected chi connectivity index (χ1v) is 13.8. The number of likely N-dealkylation sites (N-methyl/N-ethyl adjacent to an activating group) is 1. The molecule has 1 aliphatic heterocycles. The van der Waals surface area contributed by atoms with Gasteiger partial charge in [-0.1, -0.05) is 6.07 Å². The Kier molecular flexibility index (Phi) is 7.95. The van der Waals surface area contributed by atoms with E-state index in [1.165, 1.54) is 0 Å². The second kappa shape index (κ2) is 11.4. The van der Waals surface area contributed by atoms with Crippen LogP contribution in [0.3, 0.4) is 0 Å². The monoisotopic (exact) mass is 562 g/mol. The fourth-order valence-corrected chi connectivity index (χ4v) is 5.21. The van der Waals surface area contributed by atoms with Crippen LogP contribution in [0.25, 0.3) is 22.4 Å². The number of carbonyl (C=O) groups is 1. The summed E-state index contributed by atoms with van der Waals surface area (Å²) < 4.78 is 37.0. The average molecular weight is 563 g/mol. The Morgan fingerprint density at radius 2 is 1.93 bits per heavy atom. The quantitative estimate of drug-likeness (QED) is 0.292. The van der Waals surface area contributed by atoms with Gasteiger partial charge in [-0.25, -0.2) is 8.78 Å². The van der Waals surface area contributed by atoms with E-state index in [1.807, 2.05) is 69.3 Å². The molecule has 41 heavy (non-hydrogen) atoms. The third-order valence-electron chi connectivity index (χ3n) is 7.64. The van der Waals surface area contributed by atoms with E-state index in [0.717, 1.165) is 40.1 Å². The van der Waals surface area contributed by atoms with Gasteiger partial charge in [-0.3, -0.25) is 19.1 Å². The van der Waals surface area contributed by atoms with Gasteiger partial charge in [0.05, 0.1) is 24.5 Å². The maximum absolute atomic E-state index is 13.8. The molecule has 0 unspecified atom stereocenters. The summed E-state index contributed by atoms with van der Waals surface area (Å²) in [6.45, 7) is 6.47. The van der Waals surface area contributed by atoms with E-state index in [9.17, 15) is 13.6 Å². The molecule has 1 N–H and O–H groups in total. The van der Waals surface area contributed by atoms with Crippen molar-refractivity contribution in [1.82, 2.24) is 29.8 Å². The lowest BCUT2D eigenvalue weighted by molar-refractivity contribution is 0.0137. The van der Waals surface area contributed by atoms with Crippen LogP contribution in [-0.4, -0.2) is 62.5 Å². The topological polar surface area (TPSA) is 77.2 Å². The number of carbonyl (C=O) groups excluding carboxylic acids is 1. The molecule has 0 bridgehead atoms. The number of aromatic nitrogens is 4. The molecule has 0 radical (unpaired) electrons. The molecule has 8 nitrogen and oxygen atoms in total. The van der Waals surface area contributed by atoms with E-state index in [0.29, 0.717) is 11.3 Å². The van der Waals surface area contributed by atoms with Crippen molar-refractivity contribution in [2.75, 3.05) is 20.2 Å². The van der Waals surface area contributed by atoms with E-state index in [-0.39, 0.29) is 37.6 Å². The Morgan fingerprint density at radius 1 is 1.15 bits per heavy atom. The molecule has 10 heteroatoms. The van der Waals surface area contributed by atoms with Gasteiger partial charge in [0.15, 0.2) is 0 Å². The normalized spacial score (nSPS) is 17.5. The lowest BCUT2D eigenvalue weighted by Crippen LogP contribution is -2.31. The predicted octanol–water partition coefficient (Wildman–Crippen LogP) is 5.49. The third kappa shape index (κ3) is 6.48. The molecular formula is C31H36F2N6O2. The van der Waals surface area contributed by atoms with Gasteiger partial charge in [-0.05, 0) is 80.9 Å². The van der Waals surface area contributed by atoms with Crippen LogP contribution in [-0.2, 0) is 13.6 Å². The fraction of sp³-hybridized carbons (Fsp3) is 0.387. The molecule has 0 saturated carbocycles. The van der Waals surface area contributed by atoms with Gasteiger partial charge >= 0.3 is 0 Å². The molecule has 0 spiro atoms. The number of alkyl halides is 2. The molecule has 2 aromatic heterocycles. The molecule has 1 amide bonds. The Bertz CT molecular complexity index is 1550. The molecule has 1 aliphatic rings. The zero-order valence-corrected chi connectivity index (χ0v) is 24.1. The first kappa shape index (κ1) is 28.5. The van der Waals surface area contributed by atoms with Crippen molar-refractivity contribution in [2.45, 2.75) is 51.7 Å². The molecule has 2 aromatic carbocycles. The van der Waals surface area contributed by atoms with Crippen molar-refractivity contribution in [1.29, 1.82) is 0 Å². The molecule has 3 heterocycles. The zero-order chi connectivity index (χ0) is 29.3. The first-order chi connectivity index (χ1) is 19.5. The van der Waals surface area contributed by atoms with Crippen molar-refractivity contribution >= 4 is 5.91 Å². The van der Waals surface area contributed by atoms with Gasteiger partial charge < -0.3 is 10.1 Å². The summed E-state index contributed by atoms with van der Waals surface area (Å²) in [5.41, 5.74) is 5.94. The summed E-state index contributed by atoms with van der Waals surface area (Å²) in [5, 5.41) is 12.1. The Labute approximate surface area is 238 Å². The molecule has 5 rings (SSSR count). The van der Waals surface area contributed by atoms with Crippen molar-refractivity contribution < 1.29 is 18.3 Å². The number of nitrogens with zero attached hydrogens (tertiary/aromatic N) is 5. The number of rotatable bonds is 9. The van der Waals surface area contributed by atoms with Crippen LogP contribution in [0.15, 0.2) is 61.1 Å². The summed E-state index contributed by atoms with van der Waals surface area (Å²) in [6.07, 6.45) is 5.48. The third-order valence-corrected chi connectivity index (χ3v) is 7.64. The number of halogens is 2. The molecule has 1 saturated heterocycles. The van der Waals surface area contributed by atoms with Crippen molar-refractivity contribution in [3.63, 3.8) is 0 Å². The molecule has 0 aliphatic carbocycles. The van der Waals surface area contributed by atoms with Gasteiger partial charge in [-0.15, -0.1) is 0 Å². The van der Waals surface area contributed by atoms with Gasteiger partial charge in [0.25, 0.3) is 11.8 Å². The highest BCUT2D eigenvalue weighted by Crippen LogP contribution is 2.32. The average Bonchev–Trinajstić information content (AvgIpc) is 3.66. The highest BCUT2D eigenvalue weighted by molar-refractivity contribution is 5.96. The van der Waals surface area contributed by atoms with Crippen LogP contribution in [0.2, 0.25) is 0 Å². The minimum atomic E-state index is -2.71. The van der Waals surface area contributed by atoms with Gasteiger partial charge in [0.2, 0.25) is 0 Å². The predicted molar refractivity (Wildman–Crippen MR) is 154 cm³/mol. The summed E-state index contributed by atoms with van der Waals surface area (Å²) >= 11 is 0. The van der Waals surface area contributed by atoms with Crippen LogP contribution in [0.4, 0.5) is 8.78 Å². The number of ether oxygens (including phenoxy) is 1. The number of amides is 1. The number of likely N-dealkylation sites (tertiary alicyclic amines) is 1. The maximum Gasteiger partial charge on any atom is 0.262 e. The van der Waals surface area contributed by atoms with Gasteiger partial charge in [-0.2, -0.15) is 10.2 Å². The lowest BCUT2D eigenvalue weighted by atomic mass is 9.96. The van der Waals surface area contributed by atoms with Crippen LogP contribution < -0.4 is 10.1 Å². The molecule has 1 fully saturated rings. The maximum atomic E-state index is 13.8. The van der Waals surface area contributed by atoms with Crippen LogP contribution in [0.5, 0.6) is 5.75 Å². The summed E-state index contributed by atoms with van der Waals surface area (Å²) in [6, 6.07) is 12.7. The largest absolute Gasteiger partial charge is 0.492 e. The smallest absolute Gasteiger partial charge is 0.262 e. The van der Waals surface area contributed by atoms with Crippen molar-refractivity contribution in [3.05, 3.63) is 77.7 Å². The van der Waals surface area contributed by atoms with Crippen LogP contribution in [0, 0.1) is 6.92 Å². The van der Waals surface area contributed by atoms with Crippen LogP contribution >= 0.6 is 0 Å². The number of aryl methyl sites for hydroxylation is 3. The van der Waals surface area contributed by atoms with E-state index in [4.69, 9.17) is 4.74 Å². The van der Waals surface area contributed by atoms with E-state index in [1.54, 1.807) is 28.8 Å². The second-order valence-corrected chi connectivity index (χ2v) is 10.9. The highest BCUT2D eigenvalue weighted by atomic mass is 19.3. The van der Waals surface area contributed by atoms with E-state index in [2.05, 4.69) is 27.6 Å². The molecule has 216 valence electrons. The van der Waals surface area contributed by atoms with E-state index < -0.39 is 5.92 Å². The summed E-state index contributed by atoms with van der Waals surface area (Å²) in [7, 11) is 3.55. The minimum Gasteiger partial charge on any atom is -0.492 e. The first-order valence-electron chi connectivity index (χ1n) is 13.8. The van der Waals surface area contributed by atoms with Crippen molar-refractivity contribution in [3.8, 4) is 28.1 Å². The van der Waals surface area contributed by atoms with Crippen molar-refractivity contribution in [2.24, 2.45) is 7.05 Å². The summed E-state index contributed by atoms with van der Waals surface area (Å²) in [4.78, 5) is 15.1. The highest BCUT2D eigenvalue weighted by Gasteiger charge is 2.43. The molecule has 2 atom stereocenters. The lowest BCUT2D eigenvalue weighted by Gasteiger charge is -2.20. The number of nitrogens with one attached hydrogen (secondary N) is 1. The Balaban J connectivity index is 1.36. The number of benzene rings is 2. The van der Waals surface area contributed by atoms with Gasteiger partial charge in [0.1, 0.15) is 12.4 Å². The SMILES string of the molecule is CCn1ccc(-c2cc(-c3cnn(C)c3)cc([C@@H](C)NC(=O)c3cc(OC[C@@H]4CC(F)(F)CN4C)ccc3C)c2)n1. The minimum absolute atomic E-state index is 0.129. The second-order valence-electron chi connectivity index (χ2n) is 10.9. The number of hydrogen-bond donors (Lipinski definition) is 1. The zero-order valence-electron chi connectivity index (χ0n) is 24.1. The molecule has 4 aromatic rings. The van der Waals surface area contributed by atoms with E-state index >= 15 is 0 Å². The summed E-state index contributed by atoms with van der Waals surface area (Å²) in [5.74, 6) is -2.47. The Morgan fingerprint density at radius 3 is 2.59 bits per heavy atom. The number of hydrogen-bond acceptors (Lipinski definition) is 5.